The van der Waals surface area contributed by atoms with E-state index in [0.717, 1.165) is 0 Å². The van der Waals surface area contributed by atoms with E-state index >= 15 is 0 Å². The summed E-state index contributed by atoms with van der Waals surface area (Å²) in [5.41, 5.74) is 12.9. The normalized spacial score (nSPS) is 12.4. The van der Waals surface area contributed by atoms with Crippen LogP contribution in [0.5, 0.6) is 5.75 Å². The van der Waals surface area contributed by atoms with Gasteiger partial charge in [0.2, 0.25) is 0 Å². The third-order valence-corrected chi connectivity index (χ3v) is 2.68. The summed E-state index contributed by atoms with van der Waals surface area (Å²) in [6, 6.07) is 8.16. The molecule has 0 unspecified atom stereocenters. The Morgan fingerprint density at radius 2 is 1.71 bits per heavy atom. The zero-order chi connectivity index (χ0) is 14.8. The van der Waals surface area contributed by atoms with E-state index in [9.17, 15) is 13.2 Å². The highest BCUT2D eigenvalue weighted by molar-refractivity contribution is 5.85. The predicted octanol–water partition coefficient (Wildman–Crippen LogP) is 3.03. The lowest BCUT2D eigenvalue weighted by atomic mass is 10.0. The van der Waals surface area contributed by atoms with Crippen LogP contribution < -0.4 is 16.2 Å². The molecule has 0 saturated heterocycles. The Labute approximate surface area is 125 Å². The second-order valence-electron chi connectivity index (χ2n) is 4.07. The number of nitrogen functional groups attached to an aromatic ring is 1. The lowest BCUT2D eigenvalue weighted by molar-refractivity contribution is -0.274. The van der Waals surface area contributed by atoms with Crippen molar-refractivity contribution in [3.05, 3.63) is 53.7 Å². The highest BCUT2D eigenvalue weighted by Gasteiger charge is 2.31. The van der Waals surface area contributed by atoms with Crippen molar-refractivity contribution in [2.45, 2.75) is 12.4 Å². The molecule has 0 aliphatic rings. The first kappa shape index (κ1) is 17.1. The second-order valence-corrected chi connectivity index (χ2v) is 4.07. The number of pyridine rings is 1. The molecule has 0 fully saturated rings. The summed E-state index contributed by atoms with van der Waals surface area (Å²) in [6.07, 6.45) is -3.18. The van der Waals surface area contributed by atoms with Gasteiger partial charge in [-0.1, -0.05) is 18.2 Å². The van der Waals surface area contributed by atoms with Gasteiger partial charge in [0.25, 0.3) is 0 Å². The number of nitrogens with two attached hydrogens (primary N) is 2. The van der Waals surface area contributed by atoms with Crippen LogP contribution in [-0.4, -0.2) is 11.3 Å². The van der Waals surface area contributed by atoms with Gasteiger partial charge in [0.15, 0.2) is 0 Å². The van der Waals surface area contributed by atoms with Crippen LogP contribution in [-0.2, 0) is 0 Å². The largest absolute Gasteiger partial charge is 0.573 e. The molecular formula is C13H13ClF3N3O. The number of rotatable bonds is 3. The molecule has 21 heavy (non-hydrogen) atoms. The van der Waals surface area contributed by atoms with Crippen LogP contribution in [0.3, 0.4) is 0 Å². The fourth-order valence-electron chi connectivity index (χ4n) is 1.75. The van der Waals surface area contributed by atoms with E-state index < -0.39 is 12.4 Å². The Hall–Kier alpha value is -1.99. The molecule has 1 atom stereocenters. The van der Waals surface area contributed by atoms with Gasteiger partial charge in [-0.05, 0) is 23.8 Å². The number of anilines is 1. The Morgan fingerprint density at radius 1 is 1.10 bits per heavy atom. The van der Waals surface area contributed by atoms with Gasteiger partial charge in [0, 0.05) is 11.8 Å². The average Bonchev–Trinajstić information content (AvgIpc) is 2.37. The van der Waals surface area contributed by atoms with E-state index in [1.807, 2.05) is 0 Å². The summed E-state index contributed by atoms with van der Waals surface area (Å²) < 4.78 is 39.9. The molecule has 4 N–H and O–H groups in total. The van der Waals surface area contributed by atoms with Gasteiger partial charge in [-0.25, -0.2) is 4.98 Å². The number of hydrogen-bond donors (Lipinski definition) is 2. The standard InChI is InChI=1S/C13H12F3N3O.ClH/c14-13(15,16)20-9-5-3-8(4-6-9)11(17)10-2-1-7-19-12(10)18;/h1-7,11H,17H2,(H2,18,19);1H/t11-;/m0./s1. The number of halogens is 4. The highest BCUT2D eigenvalue weighted by Crippen LogP contribution is 2.27. The summed E-state index contributed by atoms with van der Waals surface area (Å²) in [7, 11) is 0. The minimum absolute atomic E-state index is 0. The fraction of sp³-hybridized carbons (Fsp3) is 0.154. The van der Waals surface area contributed by atoms with Crippen LogP contribution in [0.4, 0.5) is 19.0 Å². The SMILES string of the molecule is Cl.Nc1ncccc1[C@@H](N)c1ccc(OC(F)(F)F)cc1. The average molecular weight is 320 g/mol. The predicted molar refractivity (Wildman–Crippen MR) is 75.1 cm³/mol. The van der Waals surface area contributed by atoms with E-state index in [1.165, 1.54) is 30.5 Å². The first-order valence-electron chi connectivity index (χ1n) is 5.68. The number of alkyl halides is 3. The molecule has 114 valence electrons. The van der Waals surface area contributed by atoms with Gasteiger partial charge in [-0.2, -0.15) is 0 Å². The maximum Gasteiger partial charge on any atom is 0.573 e. The smallest absolute Gasteiger partial charge is 0.406 e. The van der Waals surface area contributed by atoms with Crippen LogP contribution in [0.15, 0.2) is 42.6 Å². The number of ether oxygens (including phenoxy) is 1. The molecule has 2 rings (SSSR count). The van der Waals surface area contributed by atoms with Crippen LogP contribution >= 0.6 is 12.4 Å². The maximum absolute atomic E-state index is 12.0. The summed E-state index contributed by atoms with van der Waals surface area (Å²) >= 11 is 0. The summed E-state index contributed by atoms with van der Waals surface area (Å²) in [5.74, 6) is -0.0109. The Morgan fingerprint density at radius 3 is 2.24 bits per heavy atom. The first-order valence-corrected chi connectivity index (χ1v) is 5.68. The van der Waals surface area contributed by atoms with E-state index in [2.05, 4.69) is 9.72 Å². The topological polar surface area (TPSA) is 74.2 Å². The van der Waals surface area contributed by atoms with Gasteiger partial charge in [0.05, 0.1) is 6.04 Å². The Balaban J connectivity index is 0.00000220. The number of benzene rings is 1. The molecule has 4 nitrogen and oxygen atoms in total. The summed E-state index contributed by atoms with van der Waals surface area (Å²) in [4.78, 5) is 3.92. The zero-order valence-corrected chi connectivity index (χ0v) is 11.5. The number of aromatic nitrogens is 1. The molecule has 0 amide bonds. The van der Waals surface area contributed by atoms with Gasteiger partial charge >= 0.3 is 6.36 Å². The minimum Gasteiger partial charge on any atom is -0.406 e. The van der Waals surface area contributed by atoms with Crippen molar-refractivity contribution in [3.8, 4) is 5.75 Å². The van der Waals surface area contributed by atoms with Crippen LogP contribution in [0.1, 0.15) is 17.2 Å². The van der Waals surface area contributed by atoms with Crippen LogP contribution in [0, 0.1) is 0 Å². The van der Waals surface area contributed by atoms with E-state index in [0.29, 0.717) is 11.1 Å². The lowest BCUT2D eigenvalue weighted by Gasteiger charge is -2.15. The molecule has 1 aromatic heterocycles. The molecule has 0 aliphatic carbocycles. The van der Waals surface area contributed by atoms with Crippen molar-refractivity contribution in [1.29, 1.82) is 0 Å². The van der Waals surface area contributed by atoms with E-state index in [4.69, 9.17) is 11.5 Å². The highest BCUT2D eigenvalue weighted by atomic mass is 35.5. The van der Waals surface area contributed by atoms with Gasteiger partial charge in [0.1, 0.15) is 11.6 Å². The van der Waals surface area contributed by atoms with Gasteiger partial charge in [-0.3, -0.25) is 0 Å². The molecule has 0 radical (unpaired) electrons. The maximum atomic E-state index is 12.0. The van der Waals surface area contributed by atoms with Crippen molar-refractivity contribution in [2.24, 2.45) is 5.73 Å². The summed E-state index contributed by atoms with van der Waals surface area (Å²) in [6.45, 7) is 0. The fourth-order valence-corrected chi connectivity index (χ4v) is 1.75. The molecule has 0 spiro atoms. The molecule has 0 bridgehead atoms. The van der Waals surface area contributed by atoms with Crippen molar-refractivity contribution < 1.29 is 17.9 Å². The molecule has 2 aromatic rings. The molecular weight excluding hydrogens is 307 g/mol. The third-order valence-electron chi connectivity index (χ3n) is 2.68. The Kier molecular flexibility index (Phi) is 5.40. The minimum atomic E-state index is -4.71. The Bertz CT molecular complexity index is 590. The lowest BCUT2D eigenvalue weighted by Crippen LogP contribution is -2.17. The molecule has 0 saturated carbocycles. The number of nitrogens with zero attached hydrogens (tertiary/aromatic N) is 1. The molecule has 1 heterocycles. The van der Waals surface area contributed by atoms with Crippen LogP contribution in [0.25, 0.3) is 0 Å². The summed E-state index contributed by atoms with van der Waals surface area (Å²) in [5, 5.41) is 0. The van der Waals surface area contributed by atoms with Gasteiger partial charge in [-0.15, -0.1) is 25.6 Å². The third kappa shape index (κ3) is 4.51. The molecule has 8 heteroatoms. The quantitative estimate of drug-likeness (QED) is 0.912. The molecule has 1 aromatic carbocycles. The number of hydrogen-bond acceptors (Lipinski definition) is 4. The molecule has 0 aliphatic heterocycles. The van der Waals surface area contributed by atoms with E-state index in [-0.39, 0.29) is 24.0 Å². The van der Waals surface area contributed by atoms with E-state index in [1.54, 1.807) is 12.1 Å². The van der Waals surface area contributed by atoms with Crippen molar-refractivity contribution in [2.75, 3.05) is 5.73 Å². The second kappa shape index (κ2) is 6.64. The van der Waals surface area contributed by atoms with Crippen molar-refractivity contribution >= 4 is 18.2 Å². The van der Waals surface area contributed by atoms with Gasteiger partial charge < -0.3 is 16.2 Å². The van der Waals surface area contributed by atoms with Crippen LogP contribution in [0.2, 0.25) is 0 Å². The zero-order valence-electron chi connectivity index (χ0n) is 10.7. The van der Waals surface area contributed by atoms with Crippen molar-refractivity contribution in [3.63, 3.8) is 0 Å². The van der Waals surface area contributed by atoms with Crippen molar-refractivity contribution in [1.82, 2.24) is 4.98 Å². The monoisotopic (exact) mass is 319 g/mol. The first-order chi connectivity index (χ1) is 9.37.